The van der Waals surface area contributed by atoms with Gasteiger partial charge in [-0.3, -0.25) is 4.98 Å². The molecule has 0 spiro atoms. The number of pyridine rings is 1. The second-order valence-corrected chi connectivity index (χ2v) is 5.86. The first kappa shape index (κ1) is 11.2. The van der Waals surface area contributed by atoms with E-state index in [2.05, 4.69) is 17.4 Å². The van der Waals surface area contributed by atoms with Crippen molar-refractivity contribution < 1.29 is 0 Å². The molecule has 1 aromatic rings. The number of hydrogen-bond donors (Lipinski definition) is 1. The summed E-state index contributed by atoms with van der Waals surface area (Å²) in [6.45, 7) is 0. The minimum absolute atomic E-state index is 0.174. The van der Waals surface area contributed by atoms with E-state index >= 15 is 0 Å². The molecule has 92 valence electrons. The lowest BCUT2D eigenvalue weighted by molar-refractivity contribution is 0.605. The second-order valence-electron chi connectivity index (χ2n) is 5.86. The van der Waals surface area contributed by atoms with Crippen LogP contribution in [0, 0.1) is 0 Å². The van der Waals surface area contributed by atoms with E-state index in [1.807, 2.05) is 0 Å². The van der Waals surface area contributed by atoms with E-state index in [0.29, 0.717) is 0 Å². The highest BCUT2D eigenvalue weighted by atomic mass is 14.8. The Morgan fingerprint density at radius 2 is 1.94 bits per heavy atom. The van der Waals surface area contributed by atoms with Crippen molar-refractivity contribution in [2.75, 3.05) is 0 Å². The average Bonchev–Trinajstić information content (AvgIpc) is 3.10. The van der Waals surface area contributed by atoms with Crippen molar-refractivity contribution in [1.29, 1.82) is 0 Å². The summed E-state index contributed by atoms with van der Waals surface area (Å²) in [6, 6.07) is 0. The Labute approximate surface area is 104 Å². The van der Waals surface area contributed by atoms with Gasteiger partial charge in [0.25, 0.3) is 0 Å². The number of nitrogens with two attached hydrogens (primary N) is 1. The van der Waals surface area contributed by atoms with Gasteiger partial charge in [0.1, 0.15) is 0 Å². The van der Waals surface area contributed by atoms with Gasteiger partial charge >= 0.3 is 0 Å². The zero-order chi connectivity index (χ0) is 11.7. The summed E-state index contributed by atoms with van der Waals surface area (Å²) in [6.07, 6.45) is 15.4. The van der Waals surface area contributed by atoms with Crippen LogP contribution in [0.2, 0.25) is 0 Å². The predicted molar refractivity (Wildman–Crippen MR) is 70.0 cm³/mol. The van der Waals surface area contributed by atoms with Crippen molar-refractivity contribution in [2.24, 2.45) is 5.73 Å². The van der Waals surface area contributed by atoms with Crippen LogP contribution >= 0.6 is 0 Å². The van der Waals surface area contributed by atoms with Gasteiger partial charge in [0.2, 0.25) is 0 Å². The molecule has 1 heterocycles. The minimum Gasteiger partial charge on any atom is -0.325 e. The van der Waals surface area contributed by atoms with E-state index in [4.69, 9.17) is 5.73 Å². The molecule has 0 radical (unpaired) electrons. The third kappa shape index (κ3) is 2.52. The smallest absolute Gasteiger partial charge is 0.0302 e. The molecule has 0 aliphatic heterocycles. The Morgan fingerprint density at radius 1 is 1.12 bits per heavy atom. The van der Waals surface area contributed by atoms with Crippen LogP contribution in [0.1, 0.15) is 55.2 Å². The summed E-state index contributed by atoms with van der Waals surface area (Å²) in [7, 11) is 0. The lowest BCUT2D eigenvalue weighted by Gasteiger charge is -2.13. The second kappa shape index (κ2) is 4.41. The van der Waals surface area contributed by atoms with Gasteiger partial charge < -0.3 is 5.73 Å². The molecule has 0 amide bonds. The molecule has 2 aliphatic rings. The zero-order valence-corrected chi connectivity index (χ0v) is 10.5. The van der Waals surface area contributed by atoms with E-state index < -0.39 is 0 Å². The third-order valence-electron chi connectivity index (χ3n) is 4.39. The number of fused-ring (bicyclic) bond motifs is 1. The summed E-state index contributed by atoms with van der Waals surface area (Å²) < 4.78 is 0. The van der Waals surface area contributed by atoms with Gasteiger partial charge in [-0.05, 0) is 68.1 Å². The van der Waals surface area contributed by atoms with Gasteiger partial charge in [0.15, 0.2) is 0 Å². The molecule has 1 fully saturated rings. The highest BCUT2D eigenvalue weighted by Crippen LogP contribution is 2.37. The van der Waals surface area contributed by atoms with Crippen LogP contribution < -0.4 is 5.73 Å². The van der Waals surface area contributed by atoms with Crippen molar-refractivity contribution in [3.63, 3.8) is 0 Å². The lowest BCUT2D eigenvalue weighted by Crippen LogP contribution is -2.22. The summed E-state index contributed by atoms with van der Waals surface area (Å²) in [5, 5.41) is 0. The third-order valence-corrected chi connectivity index (χ3v) is 4.39. The zero-order valence-electron chi connectivity index (χ0n) is 10.5. The molecular formula is C15H22N2. The maximum absolute atomic E-state index is 6.18. The van der Waals surface area contributed by atoms with Crippen molar-refractivity contribution in [3.05, 3.63) is 29.1 Å². The van der Waals surface area contributed by atoms with Crippen molar-refractivity contribution in [2.45, 2.75) is 63.3 Å². The molecule has 1 saturated carbocycles. The SMILES string of the molecule is NC1(CCc2cncc3c2CCCCC3)CC1. The Kier molecular flexibility index (Phi) is 2.91. The van der Waals surface area contributed by atoms with Crippen molar-refractivity contribution in [3.8, 4) is 0 Å². The molecule has 17 heavy (non-hydrogen) atoms. The van der Waals surface area contributed by atoms with Gasteiger partial charge in [-0.25, -0.2) is 0 Å². The van der Waals surface area contributed by atoms with Crippen molar-refractivity contribution >= 4 is 0 Å². The van der Waals surface area contributed by atoms with E-state index in [9.17, 15) is 0 Å². The largest absolute Gasteiger partial charge is 0.325 e. The van der Waals surface area contributed by atoms with Crippen LogP contribution in [-0.2, 0) is 19.3 Å². The molecule has 0 bridgehead atoms. The van der Waals surface area contributed by atoms with Crippen molar-refractivity contribution in [1.82, 2.24) is 4.98 Å². The Bertz CT molecular complexity index is 407. The minimum atomic E-state index is 0.174. The molecule has 2 aliphatic carbocycles. The van der Waals surface area contributed by atoms with Crippen LogP contribution in [-0.4, -0.2) is 10.5 Å². The molecule has 0 saturated heterocycles. The number of aryl methyl sites for hydroxylation is 2. The number of hydrogen-bond acceptors (Lipinski definition) is 2. The summed E-state index contributed by atoms with van der Waals surface area (Å²) in [5.74, 6) is 0. The van der Waals surface area contributed by atoms with Gasteiger partial charge in [0, 0.05) is 17.9 Å². The van der Waals surface area contributed by atoms with Gasteiger partial charge in [-0.1, -0.05) is 6.42 Å². The highest BCUT2D eigenvalue weighted by Gasteiger charge is 2.37. The summed E-state index contributed by atoms with van der Waals surface area (Å²) in [5.41, 5.74) is 10.9. The Hall–Kier alpha value is -0.890. The van der Waals surface area contributed by atoms with E-state index in [-0.39, 0.29) is 5.54 Å². The lowest BCUT2D eigenvalue weighted by atomic mass is 9.95. The normalized spacial score (nSPS) is 21.7. The molecular weight excluding hydrogens is 208 g/mol. The van der Waals surface area contributed by atoms with E-state index in [0.717, 1.165) is 12.8 Å². The van der Waals surface area contributed by atoms with Crippen LogP contribution in [0.5, 0.6) is 0 Å². The quantitative estimate of drug-likeness (QED) is 0.811. The summed E-state index contributed by atoms with van der Waals surface area (Å²) >= 11 is 0. The number of nitrogens with zero attached hydrogens (tertiary/aromatic N) is 1. The molecule has 2 N–H and O–H groups in total. The molecule has 2 heteroatoms. The molecule has 0 atom stereocenters. The standard InChI is InChI=1S/C15H22N2/c16-15(8-9-15)7-6-13-11-17-10-12-4-2-1-3-5-14(12)13/h10-11H,1-9,16H2. The van der Waals surface area contributed by atoms with Gasteiger partial charge in [0.05, 0.1) is 0 Å². The molecule has 1 aromatic heterocycles. The van der Waals surface area contributed by atoms with E-state index in [1.165, 1.54) is 56.1 Å². The Morgan fingerprint density at radius 3 is 2.76 bits per heavy atom. The molecule has 0 unspecified atom stereocenters. The Balaban J connectivity index is 1.78. The fourth-order valence-corrected chi connectivity index (χ4v) is 2.92. The summed E-state index contributed by atoms with van der Waals surface area (Å²) in [4.78, 5) is 4.42. The topological polar surface area (TPSA) is 38.9 Å². The molecule has 0 aromatic carbocycles. The van der Waals surface area contributed by atoms with Gasteiger partial charge in [-0.2, -0.15) is 0 Å². The maximum Gasteiger partial charge on any atom is 0.0302 e. The van der Waals surface area contributed by atoms with Gasteiger partial charge in [-0.15, -0.1) is 0 Å². The van der Waals surface area contributed by atoms with Crippen LogP contribution in [0.15, 0.2) is 12.4 Å². The van der Waals surface area contributed by atoms with Crippen LogP contribution in [0.25, 0.3) is 0 Å². The fraction of sp³-hybridized carbons (Fsp3) is 0.667. The fourth-order valence-electron chi connectivity index (χ4n) is 2.92. The van der Waals surface area contributed by atoms with Crippen LogP contribution in [0.4, 0.5) is 0 Å². The first-order chi connectivity index (χ1) is 8.27. The maximum atomic E-state index is 6.18. The van der Waals surface area contributed by atoms with Crippen LogP contribution in [0.3, 0.4) is 0 Å². The monoisotopic (exact) mass is 230 g/mol. The number of aromatic nitrogens is 1. The molecule has 3 rings (SSSR count). The average molecular weight is 230 g/mol. The number of rotatable bonds is 3. The highest BCUT2D eigenvalue weighted by molar-refractivity contribution is 5.33. The van der Waals surface area contributed by atoms with E-state index in [1.54, 1.807) is 5.56 Å². The predicted octanol–water partition coefficient (Wildman–Crippen LogP) is 2.77. The molecule has 2 nitrogen and oxygen atoms in total. The first-order valence-electron chi connectivity index (χ1n) is 7.00. The first-order valence-corrected chi connectivity index (χ1v) is 7.00.